The fourth-order valence-corrected chi connectivity index (χ4v) is 4.32. The molecule has 4 rings (SSSR count). The molecular weight excluding hydrogens is 484 g/mol. The van der Waals surface area contributed by atoms with Gasteiger partial charge in [0.2, 0.25) is 0 Å². The van der Waals surface area contributed by atoms with Crippen molar-refractivity contribution in [2.45, 2.75) is 4.90 Å². The van der Waals surface area contributed by atoms with Crippen molar-refractivity contribution in [2.75, 3.05) is 23.3 Å². The molecule has 0 aromatic heterocycles. The lowest BCUT2D eigenvalue weighted by atomic mass is 10.1. The molecule has 1 heterocycles. The normalized spacial score (nSPS) is 12.7. The van der Waals surface area contributed by atoms with Gasteiger partial charge in [0.05, 0.1) is 21.8 Å². The van der Waals surface area contributed by atoms with E-state index < -0.39 is 28.4 Å². The van der Waals surface area contributed by atoms with E-state index >= 15 is 0 Å². The number of nitrogens with one attached hydrogen (secondary N) is 2. The lowest BCUT2D eigenvalue weighted by Crippen LogP contribution is -2.25. The molecule has 34 heavy (non-hydrogen) atoms. The highest BCUT2D eigenvalue weighted by Gasteiger charge is 2.21. The van der Waals surface area contributed by atoms with E-state index in [1.54, 1.807) is 6.07 Å². The summed E-state index contributed by atoms with van der Waals surface area (Å²) in [5.41, 5.74) is 0.465. The molecule has 0 bridgehead atoms. The van der Waals surface area contributed by atoms with E-state index in [4.69, 9.17) is 21.1 Å². The van der Waals surface area contributed by atoms with Crippen LogP contribution in [0, 0.1) is 0 Å². The lowest BCUT2D eigenvalue weighted by Gasteiger charge is -2.18. The molecule has 0 radical (unpaired) electrons. The van der Waals surface area contributed by atoms with E-state index in [2.05, 4.69) is 10.0 Å². The van der Waals surface area contributed by atoms with E-state index in [-0.39, 0.29) is 34.2 Å². The topological polar surface area (TPSA) is 128 Å². The molecule has 1 amide bonds. The first-order valence-electron chi connectivity index (χ1n) is 9.87. The van der Waals surface area contributed by atoms with Gasteiger partial charge in [-0.05, 0) is 54.6 Å². The van der Waals surface area contributed by atoms with Gasteiger partial charge in [-0.25, -0.2) is 13.2 Å². The summed E-state index contributed by atoms with van der Waals surface area (Å²) < 4.78 is 38.1. The van der Waals surface area contributed by atoms with Crippen LogP contribution in [-0.4, -0.2) is 39.3 Å². The molecule has 9 nitrogen and oxygen atoms in total. The van der Waals surface area contributed by atoms with Crippen molar-refractivity contribution in [3.05, 3.63) is 82.9 Å². The highest BCUT2D eigenvalue weighted by atomic mass is 35.5. The number of anilines is 2. The first kappa shape index (κ1) is 23.3. The van der Waals surface area contributed by atoms with E-state index in [1.807, 2.05) is 0 Å². The maximum atomic E-state index is 12.7. The van der Waals surface area contributed by atoms with Crippen LogP contribution in [0.3, 0.4) is 0 Å². The minimum atomic E-state index is -4.00. The summed E-state index contributed by atoms with van der Waals surface area (Å²) in [4.78, 5) is 36.6. The Hall–Kier alpha value is -3.89. The predicted molar refractivity (Wildman–Crippen MR) is 124 cm³/mol. The first-order valence-corrected chi connectivity index (χ1v) is 11.7. The van der Waals surface area contributed by atoms with Gasteiger partial charge in [0.15, 0.2) is 19.0 Å². The number of rotatable bonds is 7. The summed E-state index contributed by atoms with van der Waals surface area (Å²) in [6.07, 6.45) is 0. The van der Waals surface area contributed by atoms with Crippen LogP contribution in [0.4, 0.5) is 11.4 Å². The van der Waals surface area contributed by atoms with Crippen LogP contribution >= 0.6 is 11.6 Å². The number of carbonyl (C=O) groups is 3. The smallest absolute Gasteiger partial charge is 0.340 e. The Balaban J connectivity index is 1.46. The Morgan fingerprint density at radius 2 is 1.79 bits per heavy atom. The number of carbonyl (C=O) groups excluding carboxylic acids is 3. The Bertz CT molecular complexity index is 1390. The van der Waals surface area contributed by atoms with Crippen molar-refractivity contribution in [3.8, 4) is 5.75 Å². The van der Waals surface area contributed by atoms with Gasteiger partial charge in [-0.3, -0.25) is 14.3 Å². The average Bonchev–Trinajstić information content (AvgIpc) is 2.82. The quantitative estimate of drug-likeness (QED) is 0.375. The highest BCUT2D eigenvalue weighted by molar-refractivity contribution is 7.92. The molecule has 0 saturated heterocycles. The molecule has 0 spiro atoms. The number of amides is 1. The molecule has 0 unspecified atom stereocenters. The number of sulfonamides is 1. The minimum Gasteiger partial charge on any atom is -0.482 e. The van der Waals surface area contributed by atoms with Gasteiger partial charge >= 0.3 is 5.97 Å². The molecule has 0 atom stereocenters. The summed E-state index contributed by atoms with van der Waals surface area (Å²) >= 11 is 5.81. The maximum Gasteiger partial charge on any atom is 0.340 e. The largest absolute Gasteiger partial charge is 0.482 e. The number of fused-ring (bicyclic) bond motifs is 1. The van der Waals surface area contributed by atoms with E-state index in [9.17, 15) is 22.8 Å². The van der Waals surface area contributed by atoms with Crippen LogP contribution in [0.25, 0.3) is 0 Å². The third kappa shape index (κ3) is 5.19. The van der Waals surface area contributed by atoms with Crippen molar-refractivity contribution >= 4 is 50.7 Å². The number of benzene rings is 3. The maximum absolute atomic E-state index is 12.7. The van der Waals surface area contributed by atoms with E-state index in [0.29, 0.717) is 16.5 Å². The molecule has 0 fully saturated rings. The molecule has 3 aromatic carbocycles. The third-order valence-corrected chi connectivity index (χ3v) is 6.42. The summed E-state index contributed by atoms with van der Waals surface area (Å²) in [5, 5.41) is 2.97. The summed E-state index contributed by atoms with van der Waals surface area (Å²) in [5.74, 6) is -1.33. The van der Waals surface area contributed by atoms with Crippen LogP contribution in [0.1, 0.15) is 20.7 Å². The fraction of sp³-hybridized carbons (Fsp3) is 0.0870. The molecule has 174 valence electrons. The fourth-order valence-electron chi connectivity index (χ4n) is 3.12. The molecule has 2 N–H and O–H groups in total. The van der Waals surface area contributed by atoms with Crippen LogP contribution in [-0.2, 0) is 19.6 Å². The number of para-hydroxylation sites is 1. The zero-order valence-electron chi connectivity index (χ0n) is 17.4. The van der Waals surface area contributed by atoms with E-state index in [0.717, 1.165) is 0 Å². The van der Waals surface area contributed by atoms with Crippen LogP contribution in [0.2, 0.25) is 5.02 Å². The summed E-state index contributed by atoms with van der Waals surface area (Å²) in [6, 6.07) is 15.8. The second-order valence-electron chi connectivity index (χ2n) is 7.15. The van der Waals surface area contributed by atoms with Crippen LogP contribution in [0.5, 0.6) is 5.75 Å². The molecule has 1 aliphatic rings. The zero-order valence-corrected chi connectivity index (χ0v) is 19.0. The van der Waals surface area contributed by atoms with Gasteiger partial charge in [0, 0.05) is 10.6 Å². The Morgan fingerprint density at radius 1 is 1.06 bits per heavy atom. The number of ketones is 1. The number of hydrogen-bond donors (Lipinski definition) is 2. The first-order chi connectivity index (χ1) is 16.2. The lowest BCUT2D eigenvalue weighted by molar-refractivity contribution is -0.118. The predicted octanol–water partition coefficient (Wildman–Crippen LogP) is 3.51. The molecule has 11 heteroatoms. The van der Waals surface area contributed by atoms with Crippen molar-refractivity contribution in [3.63, 3.8) is 0 Å². The number of ether oxygens (including phenoxy) is 2. The van der Waals surface area contributed by atoms with Gasteiger partial charge in [0.25, 0.3) is 15.9 Å². The van der Waals surface area contributed by atoms with Crippen LogP contribution in [0.15, 0.2) is 71.6 Å². The molecule has 0 aliphatic carbocycles. The van der Waals surface area contributed by atoms with Gasteiger partial charge in [0.1, 0.15) is 5.75 Å². The molecule has 1 aliphatic heterocycles. The third-order valence-electron chi connectivity index (χ3n) is 4.78. The highest BCUT2D eigenvalue weighted by Crippen LogP contribution is 2.29. The molecule has 0 saturated carbocycles. The summed E-state index contributed by atoms with van der Waals surface area (Å²) in [6.45, 7) is -0.705. The Morgan fingerprint density at radius 3 is 2.56 bits per heavy atom. The van der Waals surface area contributed by atoms with E-state index in [1.165, 1.54) is 60.7 Å². The van der Waals surface area contributed by atoms with Crippen molar-refractivity contribution in [1.29, 1.82) is 0 Å². The van der Waals surface area contributed by atoms with Gasteiger partial charge in [-0.15, -0.1) is 0 Å². The van der Waals surface area contributed by atoms with Crippen molar-refractivity contribution in [2.24, 2.45) is 0 Å². The zero-order chi connectivity index (χ0) is 24.3. The number of halogens is 1. The Kier molecular flexibility index (Phi) is 6.53. The van der Waals surface area contributed by atoms with Crippen LogP contribution < -0.4 is 14.8 Å². The number of hydrogen-bond acceptors (Lipinski definition) is 7. The summed E-state index contributed by atoms with van der Waals surface area (Å²) in [7, 11) is -4.00. The van der Waals surface area contributed by atoms with Gasteiger partial charge in [-0.1, -0.05) is 23.7 Å². The Labute approximate surface area is 199 Å². The SMILES string of the molecule is O=C1COc2ccc(C(=O)COC(=O)c3ccccc3NS(=O)(=O)c3ccc(Cl)cc3)cc2N1. The second kappa shape index (κ2) is 9.54. The minimum absolute atomic E-state index is 0.0106. The van der Waals surface area contributed by atoms with Crippen molar-refractivity contribution in [1.82, 2.24) is 0 Å². The standard InChI is InChI=1S/C23H17ClN2O7S/c24-15-6-8-16(9-7-15)34(30,31)26-18-4-2-1-3-17(18)23(29)33-12-20(27)14-5-10-21-19(11-14)25-22(28)13-32-21/h1-11,26H,12-13H2,(H,25,28). The monoisotopic (exact) mass is 500 g/mol. The van der Waals surface area contributed by atoms with Gasteiger partial charge in [-0.2, -0.15) is 0 Å². The number of esters is 1. The van der Waals surface area contributed by atoms with Crippen molar-refractivity contribution < 1.29 is 32.3 Å². The second-order valence-corrected chi connectivity index (χ2v) is 9.27. The molecular formula is C23H17ClN2O7S. The number of Topliss-reactive ketones (excluding diaryl/α,β-unsaturated/α-hetero) is 1. The average molecular weight is 501 g/mol. The molecule has 3 aromatic rings. The van der Waals surface area contributed by atoms with Gasteiger partial charge < -0.3 is 14.8 Å².